The summed E-state index contributed by atoms with van der Waals surface area (Å²) in [7, 11) is 0. The predicted molar refractivity (Wildman–Crippen MR) is 87.5 cm³/mol. The quantitative estimate of drug-likeness (QED) is 0.522. The molecular formula is C18H17NO3. The highest BCUT2D eigenvalue weighted by Gasteiger charge is 2.07. The zero-order valence-electron chi connectivity index (χ0n) is 12.3. The SMILES string of the molecule is C/C=C/C=C/C(=O)OCC(=O)Nc1cccc2ccccc12. The molecule has 0 spiro atoms. The van der Waals surface area contributed by atoms with Gasteiger partial charge in [-0.1, -0.05) is 54.6 Å². The molecule has 0 atom stereocenters. The van der Waals surface area contributed by atoms with Crippen LogP contribution in [0.2, 0.25) is 0 Å². The van der Waals surface area contributed by atoms with Crippen LogP contribution in [0.5, 0.6) is 0 Å². The van der Waals surface area contributed by atoms with E-state index >= 15 is 0 Å². The molecule has 0 heterocycles. The largest absolute Gasteiger partial charge is 0.452 e. The fraction of sp³-hybridized carbons (Fsp3) is 0.111. The molecule has 0 fully saturated rings. The van der Waals surface area contributed by atoms with Gasteiger partial charge in [0.05, 0.1) is 0 Å². The highest BCUT2D eigenvalue weighted by Crippen LogP contribution is 2.22. The van der Waals surface area contributed by atoms with E-state index in [1.807, 2.05) is 49.4 Å². The van der Waals surface area contributed by atoms with Gasteiger partial charge in [-0.25, -0.2) is 4.79 Å². The maximum Gasteiger partial charge on any atom is 0.331 e. The molecule has 0 bridgehead atoms. The third kappa shape index (κ3) is 4.31. The predicted octanol–water partition coefficient (Wildman–Crippen LogP) is 3.45. The number of fused-ring (bicyclic) bond motifs is 1. The average molecular weight is 295 g/mol. The van der Waals surface area contributed by atoms with Gasteiger partial charge in [-0.15, -0.1) is 0 Å². The molecule has 22 heavy (non-hydrogen) atoms. The third-order valence-electron chi connectivity index (χ3n) is 2.95. The number of allylic oxidation sites excluding steroid dienone is 3. The summed E-state index contributed by atoms with van der Waals surface area (Å²) in [5.74, 6) is -0.921. The van der Waals surface area contributed by atoms with Crippen molar-refractivity contribution in [2.75, 3.05) is 11.9 Å². The van der Waals surface area contributed by atoms with Gasteiger partial charge >= 0.3 is 5.97 Å². The monoisotopic (exact) mass is 295 g/mol. The zero-order chi connectivity index (χ0) is 15.8. The summed E-state index contributed by atoms with van der Waals surface area (Å²) in [5.41, 5.74) is 0.698. The van der Waals surface area contributed by atoms with Crippen LogP contribution in [0, 0.1) is 0 Å². The van der Waals surface area contributed by atoms with Crippen LogP contribution in [0.4, 0.5) is 5.69 Å². The van der Waals surface area contributed by atoms with Gasteiger partial charge in [0, 0.05) is 17.1 Å². The van der Waals surface area contributed by atoms with Crippen LogP contribution in [0.3, 0.4) is 0 Å². The van der Waals surface area contributed by atoms with E-state index in [2.05, 4.69) is 5.32 Å². The molecule has 0 aromatic heterocycles. The topological polar surface area (TPSA) is 55.4 Å². The standard InChI is InChI=1S/C18H17NO3/c1-2-3-4-12-18(21)22-13-17(20)19-16-11-7-9-14-8-5-6-10-15(14)16/h2-12H,13H2,1H3,(H,19,20)/b3-2+,12-4+. The smallest absolute Gasteiger partial charge is 0.331 e. The molecule has 4 heteroatoms. The van der Waals surface area contributed by atoms with Crippen LogP contribution in [0.15, 0.2) is 66.8 Å². The van der Waals surface area contributed by atoms with Crippen molar-refractivity contribution in [3.63, 3.8) is 0 Å². The van der Waals surface area contributed by atoms with E-state index < -0.39 is 5.97 Å². The summed E-state index contributed by atoms with van der Waals surface area (Å²) in [6, 6.07) is 13.4. The second-order valence-electron chi connectivity index (χ2n) is 4.57. The number of carbonyl (C=O) groups excluding carboxylic acids is 2. The molecule has 112 valence electrons. The van der Waals surface area contributed by atoms with E-state index in [1.165, 1.54) is 6.08 Å². The number of ether oxygens (including phenoxy) is 1. The number of rotatable bonds is 5. The Morgan fingerprint density at radius 1 is 1.09 bits per heavy atom. The molecule has 0 saturated carbocycles. The lowest BCUT2D eigenvalue weighted by Crippen LogP contribution is -2.20. The van der Waals surface area contributed by atoms with E-state index in [4.69, 9.17) is 4.74 Å². The maximum atomic E-state index is 11.9. The Morgan fingerprint density at radius 3 is 2.68 bits per heavy atom. The number of carbonyl (C=O) groups is 2. The molecule has 2 aromatic rings. The highest BCUT2D eigenvalue weighted by molar-refractivity contribution is 6.02. The Labute approximate surface area is 129 Å². The number of hydrogen-bond donors (Lipinski definition) is 1. The van der Waals surface area contributed by atoms with E-state index in [-0.39, 0.29) is 12.5 Å². The summed E-state index contributed by atoms with van der Waals surface area (Å²) in [6.45, 7) is 1.52. The van der Waals surface area contributed by atoms with Crippen molar-refractivity contribution >= 4 is 28.3 Å². The summed E-state index contributed by atoms with van der Waals surface area (Å²) >= 11 is 0. The minimum absolute atomic E-state index is 0.317. The van der Waals surface area contributed by atoms with Crippen molar-refractivity contribution in [3.05, 3.63) is 66.8 Å². The van der Waals surface area contributed by atoms with Gasteiger partial charge in [-0.2, -0.15) is 0 Å². The average Bonchev–Trinajstić information content (AvgIpc) is 2.54. The van der Waals surface area contributed by atoms with Gasteiger partial charge in [0.15, 0.2) is 6.61 Å². The first-order valence-electron chi connectivity index (χ1n) is 6.94. The molecule has 0 saturated heterocycles. The van der Waals surface area contributed by atoms with Crippen LogP contribution in [0.1, 0.15) is 6.92 Å². The second-order valence-corrected chi connectivity index (χ2v) is 4.57. The normalized spacial score (nSPS) is 11.1. The minimum atomic E-state index is -0.550. The number of amides is 1. The first kappa shape index (κ1) is 15.5. The number of hydrogen-bond acceptors (Lipinski definition) is 3. The van der Waals surface area contributed by atoms with Crippen LogP contribution in [-0.4, -0.2) is 18.5 Å². The zero-order valence-corrected chi connectivity index (χ0v) is 12.3. The number of benzene rings is 2. The summed E-state index contributed by atoms with van der Waals surface area (Å²) in [6.07, 6.45) is 6.32. The van der Waals surface area contributed by atoms with Crippen molar-refractivity contribution in [1.82, 2.24) is 0 Å². The van der Waals surface area contributed by atoms with Gasteiger partial charge in [0.2, 0.25) is 0 Å². The fourth-order valence-electron chi connectivity index (χ4n) is 1.95. The van der Waals surface area contributed by atoms with Gasteiger partial charge < -0.3 is 10.1 Å². The highest BCUT2D eigenvalue weighted by atomic mass is 16.5. The summed E-state index contributed by atoms with van der Waals surface area (Å²) in [4.78, 5) is 23.2. The first-order chi connectivity index (χ1) is 10.7. The van der Waals surface area contributed by atoms with Crippen LogP contribution < -0.4 is 5.32 Å². The number of esters is 1. The Hall–Kier alpha value is -2.88. The van der Waals surface area contributed by atoms with Crippen molar-refractivity contribution in [1.29, 1.82) is 0 Å². The van der Waals surface area contributed by atoms with Gasteiger partial charge in [0.1, 0.15) is 0 Å². The van der Waals surface area contributed by atoms with E-state index in [9.17, 15) is 9.59 Å². The fourth-order valence-corrected chi connectivity index (χ4v) is 1.95. The Balaban J connectivity index is 1.95. The lowest BCUT2D eigenvalue weighted by Gasteiger charge is -2.08. The molecule has 1 amide bonds. The van der Waals surface area contributed by atoms with Gasteiger partial charge in [0.25, 0.3) is 5.91 Å². The van der Waals surface area contributed by atoms with Crippen molar-refractivity contribution in [2.45, 2.75) is 6.92 Å². The lowest BCUT2D eigenvalue weighted by molar-refractivity contribution is -0.142. The first-order valence-corrected chi connectivity index (χ1v) is 6.94. The molecule has 2 aromatic carbocycles. The Morgan fingerprint density at radius 2 is 1.86 bits per heavy atom. The molecule has 1 N–H and O–H groups in total. The summed E-state index contributed by atoms with van der Waals surface area (Å²) < 4.78 is 4.86. The number of nitrogens with one attached hydrogen (secondary N) is 1. The van der Waals surface area contributed by atoms with E-state index in [0.717, 1.165) is 10.8 Å². The van der Waals surface area contributed by atoms with Crippen molar-refractivity contribution in [3.8, 4) is 0 Å². The maximum absolute atomic E-state index is 11.9. The molecule has 0 aliphatic rings. The Kier molecular flexibility index (Phi) is 5.49. The molecule has 0 radical (unpaired) electrons. The van der Waals surface area contributed by atoms with E-state index in [1.54, 1.807) is 18.2 Å². The van der Waals surface area contributed by atoms with Crippen LogP contribution in [0.25, 0.3) is 10.8 Å². The third-order valence-corrected chi connectivity index (χ3v) is 2.95. The number of anilines is 1. The molecule has 4 nitrogen and oxygen atoms in total. The minimum Gasteiger partial charge on any atom is -0.452 e. The summed E-state index contributed by atoms with van der Waals surface area (Å²) in [5, 5.41) is 4.73. The van der Waals surface area contributed by atoms with Crippen molar-refractivity contribution in [2.24, 2.45) is 0 Å². The Bertz CT molecular complexity index is 727. The second kappa shape index (κ2) is 7.78. The lowest BCUT2D eigenvalue weighted by atomic mass is 10.1. The van der Waals surface area contributed by atoms with Crippen LogP contribution >= 0.6 is 0 Å². The molecule has 2 rings (SSSR count). The van der Waals surface area contributed by atoms with E-state index in [0.29, 0.717) is 5.69 Å². The molecule has 0 unspecified atom stereocenters. The molecule has 0 aliphatic heterocycles. The van der Waals surface area contributed by atoms with Gasteiger partial charge in [-0.3, -0.25) is 4.79 Å². The van der Waals surface area contributed by atoms with Crippen molar-refractivity contribution < 1.29 is 14.3 Å². The van der Waals surface area contributed by atoms with Gasteiger partial charge in [-0.05, 0) is 18.4 Å². The van der Waals surface area contributed by atoms with Crippen LogP contribution in [-0.2, 0) is 14.3 Å². The molecule has 0 aliphatic carbocycles. The molecular weight excluding hydrogens is 278 g/mol.